The van der Waals surface area contributed by atoms with Gasteiger partial charge in [-0.05, 0) is 70.6 Å². The molecule has 4 aromatic rings. The number of aliphatic hydroxyl groups is 2. The van der Waals surface area contributed by atoms with E-state index in [-0.39, 0.29) is 55.9 Å². The summed E-state index contributed by atoms with van der Waals surface area (Å²) in [6.07, 6.45) is 4.63. The van der Waals surface area contributed by atoms with Crippen molar-refractivity contribution in [3.8, 4) is 17.2 Å². The van der Waals surface area contributed by atoms with Gasteiger partial charge in [-0.15, -0.1) is 0 Å². The molecule has 1 aliphatic heterocycles. The van der Waals surface area contributed by atoms with Gasteiger partial charge in [0, 0.05) is 29.0 Å². The number of hydrogen-bond acceptors (Lipinski definition) is 9. The van der Waals surface area contributed by atoms with Crippen molar-refractivity contribution in [3.05, 3.63) is 118 Å². The van der Waals surface area contributed by atoms with Gasteiger partial charge in [0.25, 0.3) is 0 Å². The van der Waals surface area contributed by atoms with Crippen molar-refractivity contribution in [2.24, 2.45) is 5.92 Å². The number of carbonyl (C=O) groups is 2. The summed E-state index contributed by atoms with van der Waals surface area (Å²) in [7, 11) is 0. The highest BCUT2D eigenvalue weighted by molar-refractivity contribution is 5.92. The molecule has 0 amide bonds. The quantitative estimate of drug-likeness (QED) is 0.0839. The van der Waals surface area contributed by atoms with Gasteiger partial charge in [-0.3, -0.25) is 4.79 Å². The van der Waals surface area contributed by atoms with Crippen molar-refractivity contribution in [2.75, 3.05) is 26.4 Å². The Morgan fingerprint density at radius 2 is 1.60 bits per heavy atom. The largest absolute Gasteiger partial charge is 0.491 e. The molecule has 1 aliphatic carbocycles. The predicted molar refractivity (Wildman–Crippen MR) is 203 cm³/mol. The van der Waals surface area contributed by atoms with Crippen LogP contribution in [0.1, 0.15) is 73.4 Å². The smallest absolute Gasteiger partial charge is 0.333 e. The molecule has 278 valence electrons. The zero-order valence-electron chi connectivity index (χ0n) is 30.8. The number of fused-ring (bicyclic) bond motifs is 6. The molecular formula is C44H48O9. The number of aliphatic hydroxyl groups excluding tert-OH is 2. The van der Waals surface area contributed by atoms with Crippen LogP contribution >= 0.6 is 0 Å². The van der Waals surface area contributed by atoms with Crippen LogP contribution in [-0.2, 0) is 36.6 Å². The van der Waals surface area contributed by atoms with E-state index in [0.717, 1.165) is 62.9 Å². The second kappa shape index (κ2) is 16.8. The monoisotopic (exact) mass is 720 g/mol. The topological polar surface area (TPSA) is 121 Å². The van der Waals surface area contributed by atoms with E-state index < -0.39 is 18.2 Å². The van der Waals surface area contributed by atoms with Crippen molar-refractivity contribution in [3.63, 3.8) is 0 Å². The molecule has 0 fully saturated rings. The van der Waals surface area contributed by atoms with Gasteiger partial charge in [-0.25, -0.2) is 4.79 Å². The van der Waals surface area contributed by atoms with Crippen LogP contribution in [0, 0.1) is 5.92 Å². The van der Waals surface area contributed by atoms with E-state index in [4.69, 9.17) is 23.7 Å². The molecular weight excluding hydrogens is 672 g/mol. The van der Waals surface area contributed by atoms with Gasteiger partial charge in [-0.1, -0.05) is 88.4 Å². The van der Waals surface area contributed by atoms with E-state index in [1.54, 1.807) is 20.8 Å². The summed E-state index contributed by atoms with van der Waals surface area (Å²) in [4.78, 5) is 23.5. The first-order valence-electron chi connectivity index (χ1n) is 18.3. The molecule has 9 heteroatoms. The zero-order chi connectivity index (χ0) is 37.6. The van der Waals surface area contributed by atoms with Crippen LogP contribution in [0.4, 0.5) is 0 Å². The van der Waals surface area contributed by atoms with Crippen LogP contribution in [0.2, 0.25) is 0 Å². The average molecular weight is 721 g/mol. The third-order valence-electron chi connectivity index (χ3n) is 9.47. The van der Waals surface area contributed by atoms with Gasteiger partial charge in [-0.2, -0.15) is 0 Å². The van der Waals surface area contributed by atoms with E-state index in [0.29, 0.717) is 12.2 Å². The maximum absolute atomic E-state index is 11.8. The average Bonchev–Trinajstić information content (AvgIpc) is 3.16. The maximum atomic E-state index is 11.8. The number of hydrogen-bond donors (Lipinski definition) is 2. The van der Waals surface area contributed by atoms with Gasteiger partial charge in [0.05, 0.1) is 18.6 Å². The number of esters is 2. The van der Waals surface area contributed by atoms with Crippen molar-refractivity contribution in [1.29, 1.82) is 0 Å². The fraction of sp³-hybridized carbons (Fsp3) is 0.364. The number of ether oxygens (including phenoxy) is 5. The lowest BCUT2D eigenvalue weighted by atomic mass is 9.76. The molecule has 2 aliphatic rings. The fourth-order valence-electron chi connectivity index (χ4n) is 6.74. The Hall–Kier alpha value is -4.96. The summed E-state index contributed by atoms with van der Waals surface area (Å²) in [5.74, 6) is 0.851. The van der Waals surface area contributed by atoms with Crippen LogP contribution < -0.4 is 9.47 Å². The molecule has 4 atom stereocenters. The zero-order valence-corrected chi connectivity index (χ0v) is 30.8. The Morgan fingerprint density at radius 3 is 2.34 bits per heavy atom. The predicted octanol–water partition coefficient (Wildman–Crippen LogP) is 7.45. The summed E-state index contributed by atoms with van der Waals surface area (Å²) in [5, 5.41) is 22.7. The highest BCUT2D eigenvalue weighted by Gasteiger charge is 2.34. The molecule has 4 unspecified atom stereocenters. The Kier molecular flexibility index (Phi) is 12.0. The van der Waals surface area contributed by atoms with Crippen LogP contribution in [0.3, 0.4) is 0 Å². The third kappa shape index (κ3) is 8.82. The summed E-state index contributed by atoms with van der Waals surface area (Å²) in [6, 6.07) is 22.8. The van der Waals surface area contributed by atoms with Crippen LogP contribution in [0.25, 0.3) is 16.8 Å². The highest BCUT2D eigenvalue weighted by atomic mass is 16.6. The maximum Gasteiger partial charge on any atom is 0.333 e. The van der Waals surface area contributed by atoms with Crippen LogP contribution in [-0.4, -0.2) is 66.9 Å². The van der Waals surface area contributed by atoms with Gasteiger partial charge in [0.15, 0.2) is 0 Å². The minimum Gasteiger partial charge on any atom is -0.491 e. The summed E-state index contributed by atoms with van der Waals surface area (Å²) < 4.78 is 28.9. The molecule has 6 rings (SSSR count). The lowest BCUT2D eigenvalue weighted by Gasteiger charge is -2.33. The molecule has 4 aromatic carbocycles. The number of rotatable bonds is 15. The Balaban J connectivity index is 1.28. The molecule has 2 N–H and O–H groups in total. The van der Waals surface area contributed by atoms with E-state index in [1.807, 2.05) is 42.5 Å². The molecule has 0 saturated heterocycles. The number of aryl methyl sites for hydroxylation is 1. The first-order chi connectivity index (χ1) is 25.5. The van der Waals surface area contributed by atoms with E-state index >= 15 is 0 Å². The Bertz CT molecular complexity index is 1990. The number of carbonyl (C=O) groups excluding carboxylic acids is 2. The van der Waals surface area contributed by atoms with Crippen LogP contribution in [0.15, 0.2) is 85.0 Å². The summed E-state index contributed by atoms with van der Waals surface area (Å²) in [6.45, 7) is 10.5. The minimum absolute atomic E-state index is 0.0446. The van der Waals surface area contributed by atoms with Gasteiger partial charge < -0.3 is 33.9 Å². The molecule has 1 heterocycles. The van der Waals surface area contributed by atoms with E-state index in [1.165, 1.54) is 5.56 Å². The van der Waals surface area contributed by atoms with Crippen LogP contribution in [0.5, 0.6) is 17.2 Å². The number of benzene rings is 4. The summed E-state index contributed by atoms with van der Waals surface area (Å²) >= 11 is 0. The fourth-order valence-corrected chi connectivity index (χ4v) is 6.74. The molecule has 0 spiro atoms. The molecule has 0 radical (unpaired) electrons. The van der Waals surface area contributed by atoms with E-state index in [2.05, 4.69) is 49.9 Å². The molecule has 53 heavy (non-hydrogen) atoms. The van der Waals surface area contributed by atoms with Gasteiger partial charge in [0.1, 0.15) is 49.3 Å². The van der Waals surface area contributed by atoms with Crippen molar-refractivity contribution >= 4 is 28.8 Å². The molecule has 0 aromatic heterocycles. The van der Waals surface area contributed by atoms with Crippen molar-refractivity contribution < 1.29 is 43.5 Å². The second-order valence-electron chi connectivity index (χ2n) is 14.2. The molecule has 0 saturated carbocycles. The van der Waals surface area contributed by atoms with Gasteiger partial charge >= 0.3 is 11.9 Å². The molecule has 0 bridgehead atoms. The SMILES string of the molecule is C=C(C)C(=O)OCC(O)COc1ccc2c3c(ccc2c1)Oc1ccc2c(c1C3c1ccc(CCC)cc1)C=CC(OCC(O)COC(=O)C(C)C)C2. The Labute approximate surface area is 310 Å². The van der Waals surface area contributed by atoms with Crippen molar-refractivity contribution in [1.82, 2.24) is 0 Å². The minimum atomic E-state index is -0.994. The second-order valence-corrected chi connectivity index (χ2v) is 14.2. The first kappa shape index (κ1) is 37.8. The molecule has 9 nitrogen and oxygen atoms in total. The standard InChI is InChI=1S/C44H48O9/c1-6-7-28-8-10-29(11-9-28)40-41-36-16-14-34(49-22-32(45)24-51-43(47)26(2)3)20-30(36)12-18-38(41)53-39-19-13-31-21-35(15-17-37(31)42(39)40)50-23-33(46)25-52-44(48)27(4)5/h8-20,27,32-33,35,40,45-46H,2,6-7,21-25H2,1,3-5H3. The van der Waals surface area contributed by atoms with Crippen molar-refractivity contribution in [2.45, 2.75) is 71.2 Å². The highest BCUT2D eigenvalue weighted by Crippen LogP contribution is 2.52. The lowest BCUT2D eigenvalue weighted by Crippen LogP contribution is -2.29. The first-order valence-corrected chi connectivity index (χ1v) is 18.3. The van der Waals surface area contributed by atoms with Gasteiger partial charge in [0.2, 0.25) is 0 Å². The lowest BCUT2D eigenvalue weighted by molar-refractivity contribution is -0.151. The Morgan fingerprint density at radius 1 is 0.887 bits per heavy atom. The third-order valence-corrected chi connectivity index (χ3v) is 9.47. The summed E-state index contributed by atoms with van der Waals surface area (Å²) in [5.41, 5.74) is 7.03. The van der Waals surface area contributed by atoms with E-state index in [9.17, 15) is 19.8 Å². The normalized spacial score (nSPS) is 16.9.